The Hall–Kier alpha value is -3.59. The maximum Gasteiger partial charge on any atom is 0.0964 e. The minimum Gasteiger partial charge on any atom is -0.296 e. The van der Waals surface area contributed by atoms with Crippen molar-refractivity contribution in [1.29, 1.82) is 0 Å². The van der Waals surface area contributed by atoms with Crippen LogP contribution in [0.2, 0.25) is 0 Å². The van der Waals surface area contributed by atoms with E-state index in [9.17, 15) is 0 Å². The highest BCUT2D eigenvalue weighted by Crippen LogP contribution is 2.26. The van der Waals surface area contributed by atoms with Crippen LogP contribution in [0.25, 0.3) is 27.4 Å². The molecule has 0 atom stereocenters. The molecule has 3 rings (SSSR count). The number of fused-ring (bicyclic) bond motifs is 3. The molecule has 0 aliphatic rings. The van der Waals surface area contributed by atoms with Gasteiger partial charge in [0.1, 0.15) is 0 Å². The van der Waals surface area contributed by atoms with Crippen molar-refractivity contribution < 1.29 is 0 Å². The number of aromatic nitrogens is 2. The van der Waals surface area contributed by atoms with Gasteiger partial charge in [0.25, 0.3) is 0 Å². The third-order valence-electron chi connectivity index (χ3n) is 4.13. The first-order valence-corrected chi connectivity index (χ1v) is 8.58. The normalized spacial score (nSPS) is 12.3. The van der Waals surface area contributed by atoms with E-state index in [4.69, 9.17) is 0 Å². The molecule has 0 radical (unpaired) electrons. The molecule has 0 aliphatic heterocycles. The lowest BCUT2D eigenvalue weighted by Crippen LogP contribution is -1.90. The molecule has 27 heavy (non-hydrogen) atoms. The van der Waals surface area contributed by atoms with Gasteiger partial charge in [-0.2, -0.15) is 0 Å². The number of hydrogen-bond acceptors (Lipinski definition) is 3. The number of rotatable bonds is 6. The summed E-state index contributed by atoms with van der Waals surface area (Å²) in [6.45, 7) is 11.7. The van der Waals surface area contributed by atoms with Crippen LogP contribution in [0.4, 0.5) is 0 Å². The fourth-order valence-electron chi connectivity index (χ4n) is 2.79. The van der Waals surface area contributed by atoms with E-state index in [0.717, 1.165) is 44.1 Å². The van der Waals surface area contributed by atoms with Crippen molar-refractivity contribution in [2.75, 3.05) is 7.05 Å². The van der Waals surface area contributed by atoms with Crippen molar-refractivity contribution >= 4 is 33.6 Å². The summed E-state index contributed by atoms with van der Waals surface area (Å²) in [5.74, 6) is 0. The Balaban J connectivity index is 2.13. The molecule has 0 fully saturated rings. The van der Waals surface area contributed by atoms with Crippen LogP contribution in [0.1, 0.15) is 5.56 Å². The van der Waals surface area contributed by atoms with E-state index in [-0.39, 0.29) is 0 Å². The predicted octanol–water partition coefficient (Wildman–Crippen LogP) is 5.72. The van der Waals surface area contributed by atoms with Crippen LogP contribution in [0.3, 0.4) is 0 Å². The monoisotopic (exact) mass is 351 g/mol. The Bertz CT molecular complexity index is 1130. The average Bonchev–Trinajstić information content (AvgIpc) is 2.70. The Morgan fingerprint density at radius 3 is 2.56 bits per heavy atom. The first kappa shape index (κ1) is 18.2. The molecule has 0 unspecified atom stereocenters. The highest BCUT2D eigenvalue weighted by molar-refractivity contribution is 6.03. The molecule has 0 aliphatic carbocycles. The van der Waals surface area contributed by atoms with Gasteiger partial charge in [0, 0.05) is 42.0 Å². The van der Waals surface area contributed by atoms with Crippen molar-refractivity contribution in [3.8, 4) is 0 Å². The number of benzene rings is 1. The summed E-state index contributed by atoms with van der Waals surface area (Å²) >= 11 is 0. The first-order chi connectivity index (χ1) is 13.1. The average molecular weight is 351 g/mol. The third-order valence-corrected chi connectivity index (χ3v) is 4.13. The lowest BCUT2D eigenvalue weighted by atomic mass is 10.0. The molecule has 0 spiro atoms. The molecule has 0 saturated heterocycles. The summed E-state index contributed by atoms with van der Waals surface area (Å²) in [5, 5.41) is 2.12. The fourth-order valence-corrected chi connectivity index (χ4v) is 2.79. The summed E-state index contributed by atoms with van der Waals surface area (Å²) in [6.07, 6.45) is 13.0. The van der Waals surface area contributed by atoms with Crippen LogP contribution in [-0.2, 0) is 0 Å². The maximum absolute atomic E-state index is 4.69. The quantitative estimate of drug-likeness (QED) is 0.323. The van der Waals surface area contributed by atoms with Gasteiger partial charge in [-0.3, -0.25) is 15.0 Å². The first-order valence-electron chi connectivity index (χ1n) is 8.58. The zero-order valence-electron chi connectivity index (χ0n) is 15.4. The number of nitrogens with zero attached hydrogens (tertiary/aromatic N) is 3. The van der Waals surface area contributed by atoms with Gasteiger partial charge in [-0.25, -0.2) is 0 Å². The second-order valence-electron chi connectivity index (χ2n) is 6.11. The Kier molecular flexibility index (Phi) is 5.53. The van der Waals surface area contributed by atoms with Crippen molar-refractivity contribution in [2.24, 2.45) is 4.99 Å². The van der Waals surface area contributed by atoms with Crippen LogP contribution in [-0.4, -0.2) is 23.2 Å². The summed E-state index contributed by atoms with van der Waals surface area (Å²) in [5.41, 5.74) is 5.39. The second kappa shape index (κ2) is 8.19. The summed E-state index contributed by atoms with van der Waals surface area (Å²) in [4.78, 5) is 13.2. The van der Waals surface area contributed by atoms with Crippen molar-refractivity contribution in [2.45, 2.75) is 0 Å². The highest BCUT2D eigenvalue weighted by atomic mass is 14.7. The molecule has 2 heterocycles. The number of allylic oxidation sites excluding steroid dienone is 7. The van der Waals surface area contributed by atoms with Gasteiger partial charge in [-0.05, 0) is 34.9 Å². The molecule has 0 bridgehead atoms. The van der Waals surface area contributed by atoms with E-state index in [2.05, 4.69) is 52.9 Å². The van der Waals surface area contributed by atoms with E-state index >= 15 is 0 Å². The van der Waals surface area contributed by atoms with Crippen LogP contribution < -0.4 is 0 Å². The molecule has 132 valence electrons. The molecular formula is C24H21N3. The van der Waals surface area contributed by atoms with Crippen LogP contribution in [0, 0.1) is 0 Å². The second-order valence-corrected chi connectivity index (χ2v) is 6.11. The number of hydrogen-bond donors (Lipinski definition) is 0. The lowest BCUT2D eigenvalue weighted by Gasteiger charge is -2.07. The molecule has 1 aromatic carbocycles. The molecule has 0 amide bonds. The number of aliphatic imine (C=N–C) groups is 1. The van der Waals surface area contributed by atoms with Crippen LogP contribution >= 0.6 is 0 Å². The van der Waals surface area contributed by atoms with Crippen LogP contribution in [0.5, 0.6) is 0 Å². The lowest BCUT2D eigenvalue weighted by molar-refractivity contribution is 1.36. The summed E-state index contributed by atoms with van der Waals surface area (Å²) in [7, 11) is 1.73. The zero-order valence-corrected chi connectivity index (χ0v) is 15.4. The Labute approximate surface area is 159 Å². The van der Waals surface area contributed by atoms with E-state index in [1.54, 1.807) is 25.5 Å². The highest BCUT2D eigenvalue weighted by Gasteiger charge is 2.06. The van der Waals surface area contributed by atoms with Gasteiger partial charge >= 0.3 is 0 Å². The minimum absolute atomic E-state index is 0.807. The third kappa shape index (κ3) is 4.15. The summed E-state index contributed by atoms with van der Waals surface area (Å²) < 4.78 is 0. The van der Waals surface area contributed by atoms with Crippen LogP contribution in [0.15, 0.2) is 103 Å². The predicted molar refractivity (Wildman–Crippen MR) is 117 cm³/mol. The SMILES string of the molecule is C=CC(=C)/C=C\C(=C/C(=C)C=NC)c1cnc2c(ccc3cccnc32)c1. The molecule has 3 heteroatoms. The van der Waals surface area contributed by atoms with Gasteiger partial charge in [-0.1, -0.05) is 56.2 Å². The molecular weight excluding hydrogens is 330 g/mol. The topological polar surface area (TPSA) is 38.1 Å². The van der Waals surface area contributed by atoms with Gasteiger partial charge in [-0.15, -0.1) is 0 Å². The maximum atomic E-state index is 4.69. The van der Waals surface area contributed by atoms with E-state index in [1.807, 2.05) is 36.6 Å². The largest absolute Gasteiger partial charge is 0.296 e. The van der Waals surface area contributed by atoms with E-state index < -0.39 is 0 Å². The summed E-state index contributed by atoms with van der Waals surface area (Å²) in [6, 6.07) is 10.2. The van der Waals surface area contributed by atoms with Crippen molar-refractivity contribution in [3.05, 3.63) is 103 Å². The Morgan fingerprint density at radius 2 is 1.78 bits per heavy atom. The minimum atomic E-state index is 0.807. The fraction of sp³-hybridized carbons (Fsp3) is 0.0417. The molecule has 3 aromatic rings. The number of pyridine rings is 2. The molecule has 3 nitrogen and oxygen atoms in total. The van der Waals surface area contributed by atoms with Crippen molar-refractivity contribution in [1.82, 2.24) is 9.97 Å². The van der Waals surface area contributed by atoms with Gasteiger partial charge < -0.3 is 0 Å². The Morgan fingerprint density at radius 1 is 1.00 bits per heavy atom. The molecule has 0 N–H and O–H groups in total. The smallest absolute Gasteiger partial charge is 0.0964 e. The molecule has 0 saturated carbocycles. The van der Waals surface area contributed by atoms with Crippen molar-refractivity contribution in [3.63, 3.8) is 0 Å². The van der Waals surface area contributed by atoms with Gasteiger partial charge in [0.05, 0.1) is 11.0 Å². The van der Waals surface area contributed by atoms with E-state index in [1.165, 1.54) is 0 Å². The molecule has 2 aromatic heterocycles. The van der Waals surface area contributed by atoms with Gasteiger partial charge in [0.15, 0.2) is 0 Å². The van der Waals surface area contributed by atoms with E-state index in [0.29, 0.717) is 0 Å². The zero-order chi connectivity index (χ0) is 19.2. The standard InChI is InChI=1S/C24H21N3/c1-5-17(2)8-9-20(13-18(3)15-25-4)22-14-21-11-10-19-7-6-12-26-23(19)24(21)27-16-22/h5-16H,1-3H2,4H3/b9-8-,20-13+,25-15?. The van der Waals surface area contributed by atoms with Gasteiger partial charge in [0.2, 0.25) is 0 Å².